The Kier molecular flexibility index (Phi) is 7.59. The van der Waals surface area contributed by atoms with Gasteiger partial charge in [0.2, 0.25) is 0 Å². The van der Waals surface area contributed by atoms with E-state index in [4.69, 9.17) is 38.8 Å². The van der Waals surface area contributed by atoms with Gasteiger partial charge in [0.25, 0.3) is 5.91 Å². The molecular formula is C28H20ClN3O4S2. The van der Waals surface area contributed by atoms with Gasteiger partial charge in [0, 0.05) is 22.3 Å². The Bertz CT molecular complexity index is 1530. The van der Waals surface area contributed by atoms with Gasteiger partial charge in [-0.25, -0.2) is 4.68 Å². The van der Waals surface area contributed by atoms with Crippen LogP contribution in [0.15, 0.2) is 90.0 Å². The fraction of sp³-hybridized carbons (Fsp3) is 0.0714. The highest BCUT2D eigenvalue weighted by molar-refractivity contribution is 8.26. The summed E-state index contributed by atoms with van der Waals surface area (Å²) in [6, 6.07) is 24.6. The number of aromatic nitrogens is 2. The van der Waals surface area contributed by atoms with Crippen molar-refractivity contribution in [2.75, 3.05) is 6.54 Å². The largest absolute Gasteiger partial charge is 0.489 e. The lowest BCUT2D eigenvalue weighted by molar-refractivity contribution is -0.140. The molecule has 0 atom stereocenters. The van der Waals surface area contributed by atoms with Crippen molar-refractivity contribution in [2.24, 2.45) is 0 Å². The minimum atomic E-state index is -1.13. The van der Waals surface area contributed by atoms with Crippen molar-refractivity contribution in [3.8, 4) is 22.7 Å². The van der Waals surface area contributed by atoms with E-state index in [-0.39, 0.29) is 4.32 Å². The molecule has 2 heterocycles. The first-order valence-corrected chi connectivity index (χ1v) is 13.1. The van der Waals surface area contributed by atoms with E-state index in [1.54, 1.807) is 10.8 Å². The molecule has 4 aromatic rings. The summed E-state index contributed by atoms with van der Waals surface area (Å²) in [4.78, 5) is 25.5. The van der Waals surface area contributed by atoms with E-state index in [1.807, 2.05) is 85.1 Å². The van der Waals surface area contributed by atoms with Gasteiger partial charge in [-0.2, -0.15) is 5.10 Å². The Morgan fingerprint density at radius 1 is 1.05 bits per heavy atom. The molecule has 3 aromatic carbocycles. The molecule has 1 saturated heterocycles. The number of hydrogen-bond acceptors (Lipinski definition) is 6. The lowest BCUT2D eigenvalue weighted by Crippen LogP contribution is -2.33. The predicted molar refractivity (Wildman–Crippen MR) is 152 cm³/mol. The molecule has 1 fully saturated rings. The number of nitrogens with zero attached hydrogens (tertiary/aromatic N) is 3. The van der Waals surface area contributed by atoms with Crippen molar-refractivity contribution in [2.45, 2.75) is 6.61 Å². The third kappa shape index (κ3) is 5.80. The third-order valence-corrected chi connectivity index (χ3v) is 7.29. The van der Waals surface area contributed by atoms with E-state index in [1.165, 1.54) is 0 Å². The van der Waals surface area contributed by atoms with Gasteiger partial charge in [0.05, 0.1) is 16.3 Å². The normalized spacial score (nSPS) is 14.3. The first-order chi connectivity index (χ1) is 18.4. The minimum Gasteiger partial charge on any atom is -0.489 e. The van der Waals surface area contributed by atoms with Crippen molar-refractivity contribution in [3.63, 3.8) is 0 Å². The number of aliphatic carboxylic acids is 1. The number of carboxylic acid groups (broad SMARTS) is 1. The Hall–Kier alpha value is -3.92. The highest BCUT2D eigenvalue weighted by Gasteiger charge is 2.33. The van der Waals surface area contributed by atoms with Gasteiger partial charge in [0.1, 0.15) is 23.2 Å². The molecule has 0 saturated carbocycles. The number of rotatable bonds is 8. The number of hydrogen-bond donors (Lipinski definition) is 1. The first-order valence-electron chi connectivity index (χ1n) is 11.5. The number of carbonyl (C=O) groups excluding carboxylic acids is 1. The zero-order chi connectivity index (χ0) is 26.6. The highest BCUT2D eigenvalue weighted by Crippen LogP contribution is 2.35. The number of carbonyl (C=O) groups is 2. The van der Waals surface area contributed by atoms with Crippen molar-refractivity contribution in [3.05, 3.63) is 106 Å². The van der Waals surface area contributed by atoms with E-state index < -0.39 is 18.4 Å². The van der Waals surface area contributed by atoms with E-state index in [9.17, 15) is 9.59 Å². The second-order valence-electron chi connectivity index (χ2n) is 8.31. The lowest BCUT2D eigenvalue weighted by Gasteiger charge is -2.10. The van der Waals surface area contributed by atoms with Gasteiger partial charge in [-0.15, -0.1) is 0 Å². The molecule has 1 aliphatic heterocycles. The average molecular weight is 562 g/mol. The molecule has 0 spiro atoms. The number of amides is 1. The monoisotopic (exact) mass is 561 g/mol. The molecule has 1 aliphatic rings. The van der Waals surface area contributed by atoms with Gasteiger partial charge in [0.15, 0.2) is 0 Å². The smallest absolute Gasteiger partial charge is 0.323 e. The molecular weight excluding hydrogens is 542 g/mol. The fourth-order valence-corrected chi connectivity index (χ4v) is 5.17. The van der Waals surface area contributed by atoms with Crippen LogP contribution >= 0.6 is 35.6 Å². The summed E-state index contributed by atoms with van der Waals surface area (Å²) in [5.74, 6) is -0.868. The topological polar surface area (TPSA) is 84.7 Å². The van der Waals surface area contributed by atoms with E-state index in [0.717, 1.165) is 33.5 Å². The molecule has 0 unspecified atom stereocenters. The molecule has 7 nitrogen and oxygen atoms in total. The van der Waals surface area contributed by atoms with Gasteiger partial charge in [-0.05, 0) is 60.2 Å². The molecule has 38 heavy (non-hydrogen) atoms. The summed E-state index contributed by atoms with van der Waals surface area (Å²) in [6.45, 7) is -0.0712. The van der Waals surface area contributed by atoms with Crippen LogP contribution in [-0.4, -0.2) is 42.5 Å². The standard InChI is InChI=1S/C28H20ClN3O4S2/c29-21-10-6-18(7-11-21)17-36-23-12-8-19(9-13-23)26-20(15-32(30-26)22-4-2-1-3-5-22)14-24-27(35)31(16-25(33)34)28(37)38-24/h1-15H,16-17H2,(H,33,34)/b24-14-. The van der Waals surface area contributed by atoms with Crippen LogP contribution in [0, 0.1) is 0 Å². The zero-order valence-corrected chi connectivity index (χ0v) is 22.2. The van der Waals surface area contributed by atoms with Crippen LogP contribution in [0.4, 0.5) is 0 Å². The number of benzene rings is 3. The average Bonchev–Trinajstić information content (AvgIpc) is 3.45. The van der Waals surface area contributed by atoms with Crippen LogP contribution < -0.4 is 4.74 Å². The Balaban J connectivity index is 1.44. The first kappa shape index (κ1) is 25.7. The number of carboxylic acids is 1. The Morgan fingerprint density at radius 3 is 2.45 bits per heavy atom. The second kappa shape index (κ2) is 11.2. The summed E-state index contributed by atoms with van der Waals surface area (Å²) in [5.41, 5.74) is 4.03. The molecule has 190 valence electrons. The third-order valence-electron chi connectivity index (χ3n) is 5.66. The van der Waals surface area contributed by atoms with Crippen LogP contribution in [-0.2, 0) is 16.2 Å². The maximum absolute atomic E-state index is 12.9. The molecule has 10 heteroatoms. The molecule has 1 N–H and O–H groups in total. The van der Waals surface area contributed by atoms with Crippen molar-refractivity contribution >= 4 is 57.9 Å². The van der Waals surface area contributed by atoms with Crippen molar-refractivity contribution in [1.82, 2.24) is 14.7 Å². The van der Waals surface area contributed by atoms with Gasteiger partial charge in [-0.3, -0.25) is 14.5 Å². The molecule has 0 aliphatic carbocycles. The number of thiocarbonyl (C=S) groups is 1. The Labute approximate surface area is 233 Å². The Morgan fingerprint density at radius 2 is 1.76 bits per heavy atom. The number of halogens is 1. The number of para-hydroxylation sites is 1. The quantitative estimate of drug-likeness (QED) is 0.207. The minimum absolute atomic E-state index is 0.211. The van der Waals surface area contributed by atoms with E-state index in [0.29, 0.717) is 33.5 Å². The summed E-state index contributed by atoms with van der Waals surface area (Å²) < 4.78 is 7.86. The van der Waals surface area contributed by atoms with Gasteiger partial charge >= 0.3 is 5.97 Å². The van der Waals surface area contributed by atoms with Crippen molar-refractivity contribution in [1.29, 1.82) is 0 Å². The number of thioether (sulfide) groups is 1. The zero-order valence-electron chi connectivity index (χ0n) is 19.8. The molecule has 0 radical (unpaired) electrons. The fourth-order valence-electron chi connectivity index (χ4n) is 3.80. The SMILES string of the molecule is O=C(O)CN1C(=O)/C(=C/c2cn(-c3ccccc3)nc2-c2ccc(OCc3ccc(Cl)cc3)cc2)SC1=S. The molecule has 5 rings (SSSR count). The van der Waals surface area contributed by atoms with E-state index >= 15 is 0 Å². The van der Waals surface area contributed by atoms with Crippen molar-refractivity contribution < 1.29 is 19.4 Å². The second-order valence-corrected chi connectivity index (χ2v) is 10.4. The summed E-state index contributed by atoms with van der Waals surface area (Å²) >= 11 is 12.3. The summed E-state index contributed by atoms with van der Waals surface area (Å²) in [5, 5.41) is 14.6. The van der Waals surface area contributed by atoms with E-state index in [2.05, 4.69) is 0 Å². The summed E-state index contributed by atoms with van der Waals surface area (Å²) in [7, 11) is 0. The molecule has 0 bridgehead atoms. The van der Waals surface area contributed by atoms with Gasteiger partial charge in [-0.1, -0.05) is 65.9 Å². The van der Waals surface area contributed by atoms with Gasteiger partial charge < -0.3 is 9.84 Å². The predicted octanol–water partition coefficient (Wildman–Crippen LogP) is 6.06. The maximum Gasteiger partial charge on any atom is 0.323 e. The van der Waals surface area contributed by atoms with Crippen LogP contribution in [0.5, 0.6) is 5.75 Å². The molecule has 1 aromatic heterocycles. The maximum atomic E-state index is 12.9. The number of ether oxygens (including phenoxy) is 1. The van der Waals surface area contributed by atoms with Crippen LogP contribution in [0.25, 0.3) is 23.0 Å². The lowest BCUT2D eigenvalue weighted by atomic mass is 10.1. The van der Waals surface area contributed by atoms with Crippen LogP contribution in [0.2, 0.25) is 5.02 Å². The molecule has 1 amide bonds. The summed E-state index contributed by atoms with van der Waals surface area (Å²) in [6.07, 6.45) is 3.53. The van der Waals surface area contributed by atoms with Crippen LogP contribution in [0.1, 0.15) is 11.1 Å². The van der Waals surface area contributed by atoms with Crippen LogP contribution in [0.3, 0.4) is 0 Å². The highest BCUT2D eigenvalue weighted by atomic mass is 35.5.